The second-order valence-corrected chi connectivity index (χ2v) is 9.31. The zero-order chi connectivity index (χ0) is 25.7. The Morgan fingerprint density at radius 2 is 1.83 bits per heavy atom. The van der Waals surface area contributed by atoms with E-state index in [2.05, 4.69) is 10.3 Å². The summed E-state index contributed by atoms with van der Waals surface area (Å²) in [7, 11) is 0. The molecular weight excluding hydrogens is 500 g/mol. The number of aryl methyl sites for hydroxylation is 1. The van der Waals surface area contributed by atoms with E-state index in [1.54, 1.807) is 30.3 Å². The number of nitrogens with one attached hydrogen (secondary N) is 1. The molecule has 9 heteroatoms. The van der Waals surface area contributed by atoms with Crippen molar-refractivity contribution in [3.8, 4) is 11.5 Å². The van der Waals surface area contributed by atoms with E-state index < -0.39 is 5.97 Å². The quantitative estimate of drug-likeness (QED) is 0.341. The van der Waals surface area contributed by atoms with Gasteiger partial charge in [-0.15, -0.1) is 0 Å². The number of halogens is 1. The lowest BCUT2D eigenvalue weighted by molar-refractivity contribution is -0.115. The highest BCUT2D eigenvalue weighted by molar-refractivity contribution is 8.18. The number of hydrogen-bond acceptors (Lipinski definition) is 6. The topological polar surface area (TPSA) is 97.2 Å². The highest BCUT2D eigenvalue weighted by Gasteiger charge is 2.24. The zero-order valence-electron chi connectivity index (χ0n) is 19.6. The van der Waals surface area contributed by atoms with E-state index in [0.717, 1.165) is 16.8 Å². The Bertz CT molecular complexity index is 1350. The standard InChI is InChI=1S/C27H23ClN2O5S/c1-3-34-22-13-18(12-21(28)24(22)35-15-17-6-8-19(9-7-17)26(32)33)14-23-25(31)30-27(36-23)29-20-10-4-16(2)5-11-20/h4-14H,3,15H2,1-2H3,(H,32,33)(H,29,30,31)/b23-14+. The molecule has 0 saturated carbocycles. The third-order valence-corrected chi connectivity index (χ3v) is 6.32. The van der Waals surface area contributed by atoms with Crippen molar-refractivity contribution in [3.63, 3.8) is 0 Å². The summed E-state index contributed by atoms with van der Waals surface area (Å²) in [6, 6.07) is 17.6. The van der Waals surface area contributed by atoms with E-state index in [1.807, 2.05) is 38.1 Å². The minimum absolute atomic E-state index is 0.178. The Hall–Kier alpha value is -3.75. The number of thioether (sulfide) groups is 1. The molecule has 36 heavy (non-hydrogen) atoms. The minimum atomic E-state index is -0.989. The largest absolute Gasteiger partial charge is 0.490 e. The van der Waals surface area contributed by atoms with Crippen LogP contribution in [0.15, 0.2) is 70.6 Å². The van der Waals surface area contributed by atoms with E-state index in [9.17, 15) is 9.59 Å². The fraction of sp³-hybridized carbons (Fsp3) is 0.148. The van der Waals surface area contributed by atoms with E-state index >= 15 is 0 Å². The van der Waals surface area contributed by atoms with Gasteiger partial charge in [-0.1, -0.05) is 41.4 Å². The first-order valence-corrected chi connectivity index (χ1v) is 12.3. The van der Waals surface area contributed by atoms with Crippen LogP contribution in [0.4, 0.5) is 5.69 Å². The van der Waals surface area contributed by atoms with E-state index in [-0.39, 0.29) is 18.1 Å². The Morgan fingerprint density at radius 3 is 2.50 bits per heavy atom. The number of rotatable bonds is 8. The number of carbonyl (C=O) groups excluding carboxylic acids is 1. The Kier molecular flexibility index (Phi) is 7.97. The van der Waals surface area contributed by atoms with Crippen LogP contribution >= 0.6 is 23.4 Å². The zero-order valence-corrected chi connectivity index (χ0v) is 21.2. The molecule has 0 aliphatic carbocycles. The molecule has 0 radical (unpaired) electrons. The third-order valence-electron chi connectivity index (χ3n) is 5.13. The number of carboxylic acids is 1. The molecule has 0 atom stereocenters. The summed E-state index contributed by atoms with van der Waals surface area (Å²) in [6.45, 7) is 4.42. The summed E-state index contributed by atoms with van der Waals surface area (Å²) in [5.41, 5.74) is 3.55. The molecule has 0 spiro atoms. The van der Waals surface area contributed by atoms with Crippen molar-refractivity contribution in [1.82, 2.24) is 5.32 Å². The fourth-order valence-electron chi connectivity index (χ4n) is 3.34. The monoisotopic (exact) mass is 522 g/mol. The maximum Gasteiger partial charge on any atom is 0.335 e. The van der Waals surface area contributed by atoms with E-state index in [1.165, 1.54) is 23.9 Å². The number of aliphatic imine (C=N–C) groups is 1. The van der Waals surface area contributed by atoms with Gasteiger partial charge in [0.15, 0.2) is 16.7 Å². The molecule has 1 aliphatic heterocycles. The lowest BCUT2D eigenvalue weighted by Gasteiger charge is -2.15. The summed E-state index contributed by atoms with van der Waals surface area (Å²) in [6.07, 6.45) is 1.72. The Labute approximate surface area is 217 Å². The van der Waals surface area contributed by atoms with Gasteiger partial charge in [-0.05, 0) is 79.2 Å². The van der Waals surface area contributed by atoms with Crippen molar-refractivity contribution >= 4 is 52.2 Å². The molecular formula is C27H23ClN2O5S. The molecule has 3 aromatic rings. The van der Waals surface area contributed by atoms with Crippen LogP contribution in [0.5, 0.6) is 11.5 Å². The number of aromatic carboxylic acids is 1. The van der Waals surface area contributed by atoms with E-state index in [4.69, 9.17) is 26.2 Å². The van der Waals surface area contributed by atoms with Crippen LogP contribution in [0, 0.1) is 6.92 Å². The summed E-state index contributed by atoms with van der Waals surface area (Å²) in [4.78, 5) is 28.5. The molecule has 2 N–H and O–H groups in total. The summed E-state index contributed by atoms with van der Waals surface area (Å²) in [5.74, 6) is -0.425. The van der Waals surface area contributed by atoms with Gasteiger partial charge >= 0.3 is 5.97 Å². The van der Waals surface area contributed by atoms with Gasteiger partial charge in [-0.2, -0.15) is 0 Å². The SMILES string of the molecule is CCOc1cc(/C=C2/SC(=Nc3ccc(C)cc3)NC2=O)cc(Cl)c1OCc1ccc(C(=O)O)cc1. The van der Waals surface area contributed by atoms with Crippen LogP contribution in [0.25, 0.3) is 6.08 Å². The van der Waals surface area contributed by atoms with Crippen LogP contribution in [-0.2, 0) is 11.4 Å². The highest BCUT2D eigenvalue weighted by atomic mass is 35.5. The number of amidine groups is 1. The van der Waals surface area contributed by atoms with Crippen molar-refractivity contribution in [2.24, 2.45) is 4.99 Å². The molecule has 3 aromatic carbocycles. The lowest BCUT2D eigenvalue weighted by atomic mass is 10.1. The van der Waals surface area contributed by atoms with E-state index in [0.29, 0.717) is 38.8 Å². The van der Waals surface area contributed by atoms with Gasteiger partial charge in [-0.3, -0.25) is 4.79 Å². The Morgan fingerprint density at radius 1 is 1.11 bits per heavy atom. The molecule has 4 rings (SSSR count). The summed E-state index contributed by atoms with van der Waals surface area (Å²) in [5, 5.41) is 12.7. The molecule has 0 unspecified atom stereocenters. The smallest absolute Gasteiger partial charge is 0.335 e. The van der Waals surface area contributed by atoms with Gasteiger partial charge in [0.25, 0.3) is 5.91 Å². The average Bonchev–Trinajstić information content (AvgIpc) is 3.18. The number of benzene rings is 3. The molecule has 1 aliphatic rings. The summed E-state index contributed by atoms with van der Waals surface area (Å²) >= 11 is 7.78. The van der Waals surface area contributed by atoms with Crippen LogP contribution < -0.4 is 14.8 Å². The molecule has 7 nitrogen and oxygen atoms in total. The lowest BCUT2D eigenvalue weighted by Crippen LogP contribution is -2.19. The van der Waals surface area contributed by atoms with Crippen LogP contribution in [0.1, 0.15) is 34.0 Å². The molecule has 0 bridgehead atoms. The molecule has 1 saturated heterocycles. The number of carbonyl (C=O) groups is 2. The number of nitrogens with zero attached hydrogens (tertiary/aromatic N) is 1. The molecule has 1 fully saturated rings. The first-order chi connectivity index (χ1) is 17.3. The summed E-state index contributed by atoms with van der Waals surface area (Å²) < 4.78 is 11.7. The Balaban J connectivity index is 1.53. The number of carboxylic acid groups (broad SMARTS) is 1. The fourth-order valence-corrected chi connectivity index (χ4v) is 4.46. The normalized spacial score (nSPS) is 15.2. The van der Waals surface area contributed by atoms with Crippen molar-refractivity contribution in [1.29, 1.82) is 0 Å². The second kappa shape index (κ2) is 11.3. The second-order valence-electron chi connectivity index (χ2n) is 7.87. The van der Waals surface area contributed by atoms with Crippen molar-refractivity contribution in [2.45, 2.75) is 20.5 Å². The molecule has 0 aromatic heterocycles. The van der Waals surface area contributed by atoms with Crippen LogP contribution in [0.3, 0.4) is 0 Å². The molecule has 1 heterocycles. The van der Waals surface area contributed by atoms with Gasteiger partial charge in [0.05, 0.1) is 27.8 Å². The number of hydrogen-bond donors (Lipinski definition) is 2. The van der Waals surface area contributed by atoms with Gasteiger partial charge in [-0.25, -0.2) is 9.79 Å². The number of amides is 1. The average molecular weight is 523 g/mol. The van der Waals surface area contributed by atoms with Crippen LogP contribution in [-0.4, -0.2) is 28.8 Å². The maximum absolute atomic E-state index is 12.5. The maximum atomic E-state index is 12.5. The molecule has 184 valence electrons. The van der Waals surface area contributed by atoms with Gasteiger partial charge < -0.3 is 19.9 Å². The predicted molar refractivity (Wildman–Crippen MR) is 142 cm³/mol. The van der Waals surface area contributed by atoms with Crippen molar-refractivity contribution in [2.75, 3.05) is 6.61 Å². The van der Waals surface area contributed by atoms with Crippen molar-refractivity contribution < 1.29 is 24.2 Å². The van der Waals surface area contributed by atoms with Gasteiger partial charge in [0.1, 0.15) is 6.61 Å². The van der Waals surface area contributed by atoms with Crippen LogP contribution in [0.2, 0.25) is 5.02 Å². The highest BCUT2D eigenvalue weighted by Crippen LogP contribution is 2.39. The first kappa shape index (κ1) is 25.3. The predicted octanol–water partition coefficient (Wildman–Crippen LogP) is 6.22. The third kappa shape index (κ3) is 6.27. The molecule has 1 amide bonds. The van der Waals surface area contributed by atoms with Gasteiger partial charge in [0, 0.05) is 0 Å². The number of ether oxygens (including phenoxy) is 2. The van der Waals surface area contributed by atoms with Gasteiger partial charge in [0.2, 0.25) is 0 Å². The first-order valence-electron chi connectivity index (χ1n) is 11.1. The van der Waals surface area contributed by atoms with Crippen molar-refractivity contribution in [3.05, 3.63) is 92.8 Å². The minimum Gasteiger partial charge on any atom is -0.490 e.